The zero-order chi connectivity index (χ0) is 10.4. The van der Waals surface area contributed by atoms with Crippen LogP contribution in [0.1, 0.15) is 38.5 Å². The fraction of sp³-hybridized carbons (Fsp3) is 0.667. The van der Waals surface area contributed by atoms with Gasteiger partial charge in [0.05, 0.1) is 11.8 Å². The standard InChI is InChI=1S/C12H14O3/c13-11-9-5-7-3-1-2-4-8(7)6-10(9)12(14)15-11/h9-10H,1-6H2/t9-,10-/m1/s1. The van der Waals surface area contributed by atoms with Crippen molar-refractivity contribution in [2.75, 3.05) is 0 Å². The van der Waals surface area contributed by atoms with Crippen molar-refractivity contribution in [3.8, 4) is 0 Å². The van der Waals surface area contributed by atoms with Crippen LogP contribution in [-0.2, 0) is 14.3 Å². The van der Waals surface area contributed by atoms with Gasteiger partial charge >= 0.3 is 11.9 Å². The maximum atomic E-state index is 11.4. The second kappa shape index (κ2) is 3.19. The molecule has 0 amide bonds. The maximum absolute atomic E-state index is 11.4. The second-order valence-corrected chi connectivity index (χ2v) is 4.78. The molecule has 0 spiro atoms. The van der Waals surface area contributed by atoms with Gasteiger partial charge in [-0.1, -0.05) is 11.1 Å². The highest BCUT2D eigenvalue weighted by Crippen LogP contribution is 2.44. The number of hydrogen-bond donors (Lipinski definition) is 0. The van der Waals surface area contributed by atoms with Gasteiger partial charge in [0.2, 0.25) is 0 Å². The molecule has 3 nitrogen and oxygen atoms in total. The Labute approximate surface area is 88.5 Å². The average Bonchev–Trinajstić information content (AvgIpc) is 2.52. The minimum Gasteiger partial charge on any atom is -0.393 e. The molecule has 1 heterocycles. The van der Waals surface area contributed by atoms with Crippen LogP contribution in [0, 0.1) is 11.8 Å². The first-order valence-corrected chi connectivity index (χ1v) is 5.71. The number of carbonyl (C=O) groups is 2. The molecule has 2 atom stereocenters. The van der Waals surface area contributed by atoms with Gasteiger partial charge in [0.25, 0.3) is 0 Å². The molecular formula is C12H14O3. The van der Waals surface area contributed by atoms with Crippen molar-refractivity contribution < 1.29 is 14.3 Å². The Kier molecular flexibility index (Phi) is 1.94. The van der Waals surface area contributed by atoms with E-state index in [0.29, 0.717) is 0 Å². The van der Waals surface area contributed by atoms with E-state index in [2.05, 4.69) is 0 Å². The Bertz CT molecular complexity index is 333. The summed E-state index contributed by atoms with van der Waals surface area (Å²) in [5, 5.41) is 0. The molecule has 1 aliphatic heterocycles. The molecule has 3 rings (SSSR count). The summed E-state index contributed by atoms with van der Waals surface area (Å²) in [5.41, 5.74) is 2.88. The van der Waals surface area contributed by atoms with Gasteiger partial charge in [-0.2, -0.15) is 0 Å². The van der Waals surface area contributed by atoms with Gasteiger partial charge in [0.1, 0.15) is 0 Å². The molecule has 0 aromatic heterocycles. The maximum Gasteiger partial charge on any atom is 0.317 e. The van der Waals surface area contributed by atoms with Gasteiger partial charge in [-0.15, -0.1) is 0 Å². The Hall–Kier alpha value is -1.12. The van der Waals surface area contributed by atoms with Crippen molar-refractivity contribution in [3.63, 3.8) is 0 Å². The van der Waals surface area contributed by atoms with E-state index < -0.39 is 0 Å². The molecule has 1 saturated heterocycles. The van der Waals surface area contributed by atoms with Gasteiger partial charge in [0.15, 0.2) is 0 Å². The van der Waals surface area contributed by atoms with E-state index in [1.807, 2.05) is 0 Å². The van der Waals surface area contributed by atoms with Crippen LogP contribution in [0.25, 0.3) is 0 Å². The van der Waals surface area contributed by atoms with Crippen LogP contribution >= 0.6 is 0 Å². The number of carbonyl (C=O) groups excluding carboxylic acids is 2. The predicted molar refractivity (Wildman–Crippen MR) is 52.8 cm³/mol. The van der Waals surface area contributed by atoms with Crippen LogP contribution in [-0.4, -0.2) is 11.9 Å². The van der Waals surface area contributed by atoms with E-state index in [9.17, 15) is 9.59 Å². The number of hydrogen-bond acceptors (Lipinski definition) is 3. The molecule has 0 N–H and O–H groups in total. The molecule has 80 valence electrons. The van der Waals surface area contributed by atoms with Crippen LogP contribution < -0.4 is 0 Å². The molecular weight excluding hydrogens is 192 g/mol. The highest BCUT2D eigenvalue weighted by atomic mass is 16.6. The third-order valence-electron chi connectivity index (χ3n) is 3.93. The highest BCUT2D eigenvalue weighted by Gasteiger charge is 2.47. The van der Waals surface area contributed by atoms with Crippen molar-refractivity contribution in [3.05, 3.63) is 11.1 Å². The van der Waals surface area contributed by atoms with Crippen molar-refractivity contribution >= 4 is 11.9 Å². The van der Waals surface area contributed by atoms with E-state index in [0.717, 1.165) is 25.7 Å². The summed E-state index contributed by atoms with van der Waals surface area (Å²) in [6.07, 6.45) is 6.29. The van der Waals surface area contributed by atoms with Crippen molar-refractivity contribution in [2.45, 2.75) is 38.5 Å². The molecule has 15 heavy (non-hydrogen) atoms. The van der Waals surface area contributed by atoms with Crippen molar-refractivity contribution in [2.24, 2.45) is 11.8 Å². The quantitative estimate of drug-likeness (QED) is 0.346. The molecule has 3 heteroatoms. The second-order valence-electron chi connectivity index (χ2n) is 4.78. The molecule has 0 saturated carbocycles. The van der Waals surface area contributed by atoms with Crippen LogP contribution in [0.3, 0.4) is 0 Å². The zero-order valence-electron chi connectivity index (χ0n) is 8.62. The Morgan fingerprint density at radius 2 is 1.33 bits per heavy atom. The van der Waals surface area contributed by atoms with Crippen LogP contribution in [0.2, 0.25) is 0 Å². The SMILES string of the molecule is O=C1OC(=O)[C@@H]2CC3=C(CCCC3)C[C@@H]12. The van der Waals surface area contributed by atoms with E-state index in [4.69, 9.17) is 4.74 Å². The lowest BCUT2D eigenvalue weighted by atomic mass is 9.72. The monoisotopic (exact) mass is 206 g/mol. The third kappa shape index (κ3) is 1.33. The van der Waals surface area contributed by atoms with E-state index in [1.54, 1.807) is 0 Å². The number of cyclic esters (lactones) is 2. The van der Waals surface area contributed by atoms with Gasteiger partial charge in [-0.05, 0) is 38.5 Å². The number of fused-ring (bicyclic) bond motifs is 1. The van der Waals surface area contributed by atoms with Crippen LogP contribution in [0.15, 0.2) is 11.1 Å². The number of rotatable bonds is 0. The van der Waals surface area contributed by atoms with Gasteiger partial charge < -0.3 is 4.74 Å². The highest BCUT2D eigenvalue weighted by molar-refractivity contribution is 5.97. The van der Waals surface area contributed by atoms with Gasteiger partial charge in [-0.3, -0.25) is 9.59 Å². The topological polar surface area (TPSA) is 43.4 Å². The summed E-state index contributed by atoms with van der Waals surface area (Å²) in [6.45, 7) is 0. The Morgan fingerprint density at radius 3 is 1.80 bits per heavy atom. The minimum atomic E-state index is -0.290. The fourth-order valence-electron chi connectivity index (χ4n) is 3.08. The van der Waals surface area contributed by atoms with Crippen LogP contribution in [0.5, 0.6) is 0 Å². The molecule has 0 unspecified atom stereocenters. The van der Waals surface area contributed by atoms with Gasteiger partial charge in [0, 0.05) is 0 Å². The largest absolute Gasteiger partial charge is 0.393 e. The van der Waals surface area contributed by atoms with E-state index in [1.165, 1.54) is 24.0 Å². The molecule has 0 aromatic rings. The summed E-state index contributed by atoms with van der Waals surface area (Å²) in [4.78, 5) is 22.9. The fourth-order valence-corrected chi connectivity index (χ4v) is 3.08. The summed E-state index contributed by atoms with van der Waals surface area (Å²) >= 11 is 0. The molecule has 3 aliphatic rings. The smallest absolute Gasteiger partial charge is 0.317 e. The van der Waals surface area contributed by atoms with Gasteiger partial charge in [-0.25, -0.2) is 0 Å². The minimum absolute atomic E-state index is 0.158. The predicted octanol–water partition coefficient (Wildman–Crippen LogP) is 1.97. The summed E-state index contributed by atoms with van der Waals surface area (Å²) in [5.74, 6) is -0.895. The summed E-state index contributed by atoms with van der Waals surface area (Å²) < 4.78 is 4.71. The lowest BCUT2D eigenvalue weighted by Gasteiger charge is -2.29. The molecule has 0 radical (unpaired) electrons. The Balaban J connectivity index is 1.91. The average molecular weight is 206 g/mol. The number of ether oxygens (including phenoxy) is 1. The number of esters is 2. The first-order chi connectivity index (χ1) is 7.25. The summed E-state index contributed by atoms with van der Waals surface area (Å²) in [6, 6.07) is 0. The summed E-state index contributed by atoms with van der Waals surface area (Å²) in [7, 11) is 0. The number of allylic oxidation sites excluding steroid dienone is 2. The van der Waals surface area contributed by atoms with Crippen LogP contribution in [0.4, 0.5) is 0 Å². The molecule has 0 bridgehead atoms. The van der Waals surface area contributed by atoms with Crippen molar-refractivity contribution in [1.82, 2.24) is 0 Å². The van der Waals surface area contributed by atoms with Crippen molar-refractivity contribution in [1.29, 1.82) is 0 Å². The molecule has 2 aliphatic carbocycles. The zero-order valence-corrected chi connectivity index (χ0v) is 8.62. The van der Waals surface area contributed by atoms with E-state index >= 15 is 0 Å². The molecule has 0 aromatic carbocycles. The lowest BCUT2D eigenvalue weighted by molar-refractivity contribution is -0.153. The third-order valence-corrected chi connectivity index (χ3v) is 3.93. The normalized spacial score (nSPS) is 34.9. The first-order valence-electron chi connectivity index (χ1n) is 5.71. The Morgan fingerprint density at radius 1 is 0.867 bits per heavy atom. The first kappa shape index (κ1) is 9.13. The molecule has 1 fully saturated rings. The van der Waals surface area contributed by atoms with E-state index in [-0.39, 0.29) is 23.8 Å². The lowest BCUT2D eigenvalue weighted by Crippen LogP contribution is -2.25.